The molecule has 2 N–H and O–H groups in total. The fourth-order valence-electron chi connectivity index (χ4n) is 3.67. The van der Waals surface area contributed by atoms with Crippen LogP contribution in [0.1, 0.15) is 25.0 Å². The van der Waals surface area contributed by atoms with Gasteiger partial charge in [0.15, 0.2) is 0 Å². The van der Waals surface area contributed by atoms with Gasteiger partial charge in [-0.2, -0.15) is 5.26 Å². The zero-order valence-corrected chi connectivity index (χ0v) is 17.9. The van der Waals surface area contributed by atoms with Crippen molar-refractivity contribution in [3.63, 3.8) is 0 Å². The van der Waals surface area contributed by atoms with Crippen molar-refractivity contribution in [2.24, 2.45) is 0 Å². The van der Waals surface area contributed by atoms with Gasteiger partial charge in [-0.3, -0.25) is 0 Å². The van der Waals surface area contributed by atoms with Gasteiger partial charge in [0.1, 0.15) is 0 Å². The van der Waals surface area contributed by atoms with Gasteiger partial charge in [0.2, 0.25) is 5.95 Å². The molecule has 2 aromatic carbocycles. The second-order valence-electron chi connectivity index (χ2n) is 7.77. The topological polar surface area (TPSA) is 99.7 Å². The molecule has 2 heterocycles. The first-order valence-corrected chi connectivity index (χ1v) is 10.8. The molecular formula is C25H26N6O. The molecule has 162 valence electrons. The number of imidazole rings is 1. The zero-order valence-electron chi connectivity index (χ0n) is 17.9. The van der Waals surface area contributed by atoms with Crippen LogP contribution in [0.25, 0.3) is 22.0 Å². The van der Waals surface area contributed by atoms with Crippen molar-refractivity contribution in [2.75, 3.05) is 11.9 Å². The maximum absolute atomic E-state index is 9.88. The summed E-state index contributed by atoms with van der Waals surface area (Å²) in [6.07, 6.45) is 8.48. The first kappa shape index (κ1) is 21.5. The highest BCUT2D eigenvalue weighted by molar-refractivity contribution is 5.86. The summed E-state index contributed by atoms with van der Waals surface area (Å²) in [5.74, 6) is 0.477. The number of unbranched alkanes of at least 4 members (excludes halogenated alkanes) is 2. The van der Waals surface area contributed by atoms with Gasteiger partial charge in [-0.1, -0.05) is 36.4 Å². The summed E-state index contributed by atoms with van der Waals surface area (Å²) in [7, 11) is 0. The van der Waals surface area contributed by atoms with Crippen LogP contribution in [0, 0.1) is 11.3 Å². The number of hydrogen-bond donors (Lipinski definition) is 2. The van der Waals surface area contributed by atoms with E-state index in [1.54, 1.807) is 12.5 Å². The van der Waals surface area contributed by atoms with Crippen LogP contribution in [0.15, 0.2) is 67.3 Å². The van der Waals surface area contributed by atoms with Crippen LogP contribution in [0.3, 0.4) is 0 Å². The van der Waals surface area contributed by atoms with Crippen LogP contribution in [0.2, 0.25) is 0 Å². The van der Waals surface area contributed by atoms with Crippen LogP contribution < -0.4 is 5.32 Å². The van der Waals surface area contributed by atoms with Crippen LogP contribution in [-0.4, -0.2) is 37.3 Å². The highest BCUT2D eigenvalue weighted by atomic mass is 16.3. The van der Waals surface area contributed by atoms with E-state index in [4.69, 9.17) is 5.26 Å². The summed E-state index contributed by atoms with van der Waals surface area (Å²) < 4.78 is 2.03. The monoisotopic (exact) mass is 426 g/mol. The number of nitrogens with zero attached hydrogens (tertiary/aromatic N) is 5. The van der Waals surface area contributed by atoms with E-state index >= 15 is 0 Å². The lowest BCUT2D eigenvalue weighted by atomic mass is 10.1. The third-order valence-electron chi connectivity index (χ3n) is 5.35. The van der Waals surface area contributed by atoms with Crippen molar-refractivity contribution >= 4 is 16.7 Å². The molecule has 0 unspecified atom stereocenters. The Bertz CT molecular complexity index is 1210. The Kier molecular flexibility index (Phi) is 7.05. The number of benzene rings is 2. The minimum absolute atomic E-state index is 0.0570. The van der Waals surface area contributed by atoms with Gasteiger partial charge in [0, 0.05) is 37.3 Å². The molecule has 32 heavy (non-hydrogen) atoms. The molecule has 4 aromatic rings. The summed E-state index contributed by atoms with van der Waals surface area (Å²) in [5, 5.41) is 24.1. The number of anilines is 1. The Morgan fingerprint density at radius 2 is 1.94 bits per heavy atom. The van der Waals surface area contributed by atoms with Gasteiger partial charge in [-0.25, -0.2) is 15.0 Å². The van der Waals surface area contributed by atoms with Gasteiger partial charge in [0.05, 0.1) is 36.4 Å². The number of nitrogens with one attached hydrogen (secondary N) is 1. The molecule has 0 saturated carbocycles. The van der Waals surface area contributed by atoms with E-state index in [1.807, 2.05) is 29.0 Å². The van der Waals surface area contributed by atoms with E-state index in [0.29, 0.717) is 18.8 Å². The van der Waals surface area contributed by atoms with E-state index in [1.165, 1.54) is 5.39 Å². The van der Waals surface area contributed by atoms with Crippen molar-refractivity contribution < 1.29 is 5.11 Å². The molecule has 0 fully saturated rings. The fourth-order valence-corrected chi connectivity index (χ4v) is 3.67. The number of aromatic nitrogens is 4. The largest absolute Gasteiger partial charge is 0.394 e. The quantitative estimate of drug-likeness (QED) is 0.369. The van der Waals surface area contributed by atoms with Crippen molar-refractivity contribution in [2.45, 2.75) is 38.3 Å². The minimum atomic E-state index is -0.246. The van der Waals surface area contributed by atoms with Crippen LogP contribution in [-0.2, 0) is 13.0 Å². The Hall–Kier alpha value is -3.76. The molecule has 0 amide bonds. The molecule has 0 saturated heterocycles. The number of nitriles is 1. The molecule has 4 rings (SSSR count). The minimum Gasteiger partial charge on any atom is -0.394 e. The third kappa shape index (κ3) is 5.48. The van der Waals surface area contributed by atoms with E-state index in [0.717, 1.165) is 41.7 Å². The number of aryl methyl sites for hydroxylation is 1. The number of aliphatic hydroxyl groups excluding tert-OH is 1. The second kappa shape index (κ2) is 10.5. The van der Waals surface area contributed by atoms with Crippen LogP contribution in [0.5, 0.6) is 0 Å². The van der Waals surface area contributed by atoms with Crippen molar-refractivity contribution in [3.8, 4) is 17.3 Å². The van der Waals surface area contributed by atoms with Gasteiger partial charge in [-0.15, -0.1) is 0 Å². The number of fused-ring (bicyclic) bond motifs is 1. The molecule has 0 radical (unpaired) electrons. The van der Waals surface area contributed by atoms with E-state index in [-0.39, 0.29) is 12.6 Å². The summed E-state index contributed by atoms with van der Waals surface area (Å²) in [5.41, 5.74) is 2.74. The maximum Gasteiger partial charge on any atom is 0.223 e. The smallest absolute Gasteiger partial charge is 0.223 e. The lowest BCUT2D eigenvalue weighted by molar-refractivity contribution is 0.272. The third-order valence-corrected chi connectivity index (χ3v) is 5.35. The Morgan fingerprint density at radius 1 is 1.06 bits per heavy atom. The Morgan fingerprint density at radius 3 is 2.78 bits per heavy atom. The Balaban J connectivity index is 1.41. The molecule has 1 atom stereocenters. The van der Waals surface area contributed by atoms with Crippen molar-refractivity contribution in [1.82, 2.24) is 19.5 Å². The molecule has 2 aromatic heterocycles. The molecule has 0 aliphatic heterocycles. The lowest BCUT2D eigenvalue weighted by Gasteiger charge is -2.15. The van der Waals surface area contributed by atoms with Gasteiger partial charge in [-0.05, 0) is 35.7 Å². The first-order valence-electron chi connectivity index (χ1n) is 10.8. The summed E-state index contributed by atoms with van der Waals surface area (Å²) in [6.45, 7) is 0.779. The van der Waals surface area contributed by atoms with E-state index in [2.05, 4.69) is 56.7 Å². The van der Waals surface area contributed by atoms with E-state index < -0.39 is 0 Å². The predicted molar refractivity (Wildman–Crippen MR) is 125 cm³/mol. The maximum atomic E-state index is 9.88. The average molecular weight is 427 g/mol. The SMILES string of the molecule is N#CCCCCn1cnc(C[C@@H](CO)Nc2nccc(-c3ccc4ccccc4c3)n2)c1. The lowest BCUT2D eigenvalue weighted by Crippen LogP contribution is -2.27. The molecular weight excluding hydrogens is 400 g/mol. The molecule has 7 heteroatoms. The average Bonchev–Trinajstić information content (AvgIpc) is 3.28. The van der Waals surface area contributed by atoms with E-state index in [9.17, 15) is 5.11 Å². The Labute approximate surface area is 187 Å². The molecule has 0 aliphatic carbocycles. The standard InChI is InChI=1S/C25H26N6O/c26-11-4-1-5-13-31-16-22(28-18-31)15-23(17-32)29-25-27-12-10-24(30-25)21-9-8-19-6-2-3-7-20(19)14-21/h2-3,6-10,12,14,16,18,23,32H,1,4-5,13,15,17H2,(H,27,29,30)/t23-/m0/s1. The highest BCUT2D eigenvalue weighted by Gasteiger charge is 2.13. The predicted octanol–water partition coefficient (Wildman–Crippen LogP) is 4.20. The first-order chi connectivity index (χ1) is 15.7. The van der Waals surface area contributed by atoms with Crippen LogP contribution >= 0.6 is 0 Å². The van der Waals surface area contributed by atoms with Gasteiger partial charge >= 0.3 is 0 Å². The number of hydrogen-bond acceptors (Lipinski definition) is 6. The zero-order chi connectivity index (χ0) is 22.2. The fraction of sp³-hybridized carbons (Fsp3) is 0.280. The summed E-state index contributed by atoms with van der Waals surface area (Å²) in [4.78, 5) is 13.4. The van der Waals surface area contributed by atoms with Gasteiger partial charge < -0.3 is 15.0 Å². The molecule has 0 spiro atoms. The normalized spacial score (nSPS) is 11.9. The molecule has 0 aliphatic rings. The van der Waals surface area contributed by atoms with Crippen LogP contribution in [0.4, 0.5) is 5.95 Å². The highest BCUT2D eigenvalue weighted by Crippen LogP contribution is 2.23. The summed E-state index contributed by atoms with van der Waals surface area (Å²) in [6, 6.07) is 18.3. The van der Waals surface area contributed by atoms with Gasteiger partial charge in [0.25, 0.3) is 0 Å². The number of aliphatic hydroxyl groups is 1. The van der Waals surface area contributed by atoms with Crippen molar-refractivity contribution in [3.05, 3.63) is 72.9 Å². The summed E-state index contributed by atoms with van der Waals surface area (Å²) >= 11 is 0. The molecule has 7 nitrogen and oxygen atoms in total. The molecule has 0 bridgehead atoms. The number of rotatable bonds is 10. The second-order valence-corrected chi connectivity index (χ2v) is 7.77. The van der Waals surface area contributed by atoms with Crippen molar-refractivity contribution in [1.29, 1.82) is 5.26 Å².